The van der Waals surface area contributed by atoms with E-state index in [0.29, 0.717) is 19.4 Å². The average Bonchev–Trinajstić information content (AvgIpc) is 3.02. The van der Waals surface area contributed by atoms with Crippen molar-refractivity contribution in [3.05, 3.63) is 35.4 Å². The molecular formula is C16H21NO4. The molecule has 0 unspecified atom stereocenters. The van der Waals surface area contributed by atoms with Gasteiger partial charge in [-0.25, -0.2) is 4.79 Å². The zero-order valence-electron chi connectivity index (χ0n) is 12.4. The average molecular weight is 291 g/mol. The lowest BCUT2D eigenvalue weighted by atomic mass is 10.0. The lowest BCUT2D eigenvalue weighted by Crippen LogP contribution is -2.47. The van der Waals surface area contributed by atoms with Crippen LogP contribution in [0.25, 0.3) is 0 Å². The molecule has 1 aliphatic rings. The van der Waals surface area contributed by atoms with E-state index in [2.05, 4.69) is 5.32 Å². The van der Waals surface area contributed by atoms with Gasteiger partial charge in [-0.3, -0.25) is 4.79 Å². The van der Waals surface area contributed by atoms with Crippen molar-refractivity contribution in [2.75, 3.05) is 13.7 Å². The van der Waals surface area contributed by atoms with E-state index in [1.54, 1.807) is 0 Å². The van der Waals surface area contributed by atoms with Gasteiger partial charge < -0.3 is 14.8 Å². The van der Waals surface area contributed by atoms with E-state index in [4.69, 9.17) is 9.47 Å². The summed E-state index contributed by atoms with van der Waals surface area (Å²) in [5, 5.41) is 2.73. The molecule has 0 saturated carbocycles. The molecule has 0 aliphatic carbocycles. The summed E-state index contributed by atoms with van der Waals surface area (Å²) in [5.74, 6) is -0.683. The van der Waals surface area contributed by atoms with Crippen LogP contribution in [0.5, 0.6) is 0 Å². The third kappa shape index (κ3) is 4.29. The highest BCUT2D eigenvalue weighted by atomic mass is 16.5. The molecule has 1 aromatic rings. The van der Waals surface area contributed by atoms with Crippen molar-refractivity contribution in [3.8, 4) is 0 Å². The van der Waals surface area contributed by atoms with Gasteiger partial charge >= 0.3 is 5.97 Å². The Hall–Kier alpha value is -1.88. The molecule has 1 N–H and O–H groups in total. The molecule has 5 heteroatoms. The molecule has 0 radical (unpaired) electrons. The summed E-state index contributed by atoms with van der Waals surface area (Å²) >= 11 is 0. The van der Waals surface area contributed by atoms with Crippen molar-refractivity contribution in [2.45, 2.75) is 38.3 Å². The highest BCUT2D eigenvalue weighted by Gasteiger charge is 2.28. The third-order valence-corrected chi connectivity index (χ3v) is 3.58. The van der Waals surface area contributed by atoms with Gasteiger partial charge in [0.05, 0.1) is 7.11 Å². The van der Waals surface area contributed by atoms with Gasteiger partial charge in [0.2, 0.25) is 5.91 Å². The first-order chi connectivity index (χ1) is 10.1. The Morgan fingerprint density at radius 2 is 2.10 bits per heavy atom. The molecule has 114 valence electrons. The summed E-state index contributed by atoms with van der Waals surface area (Å²) in [4.78, 5) is 23.9. The van der Waals surface area contributed by atoms with Gasteiger partial charge in [0.15, 0.2) is 0 Å². The van der Waals surface area contributed by atoms with Gasteiger partial charge in [-0.05, 0) is 25.3 Å². The van der Waals surface area contributed by atoms with Crippen LogP contribution in [0.1, 0.15) is 24.0 Å². The number of methoxy groups -OCH3 is 1. The maximum atomic E-state index is 12.1. The zero-order valence-corrected chi connectivity index (χ0v) is 12.4. The third-order valence-electron chi connectivity index (χ3n) is 3.58. The fourth-order valence-corrected chi connectivity index (χ4v) is 2.34. The Bertz CT molecular complexity index is 492. The molecule has 2 rings (SSSR count). The number of carbonyl (C=O) groups is 2. The molecule has 0 aromatic heterocycles. The van der Waals surface area contributed by atoms with E-state index in [9.17, 15) is 9.59 Å². The molecular weight excluding hydrogens is 270 g/mol. The molecule has 1 aromatic carbocycles. The summed E-state index contributed by atoms with van der Waals surface area (Å²) in [6.07, 6.45) is 1.53. The summed E-state index contributed by atoms with van der Waals surface area (Å²) < 4.78 is 10.1. The van der Waals surface area contributed by atoms with E-state index in [1.807, 2.05) is 31.2 Å². The van der Waals surface area contributed by atoms with Gasteiger partial charge in [0, 0.05) is 13.0 Å². The molecule has 1 fully saturated rings. The molecule has 1 aliphatic heterocycles. The van der Waals surface area contributed by atoms with Crippen molar-refractivity contribution in [1.82, 2.24) is 5.32 Å². The van der Waals surface area contributed by atoms with Crippen molar-refractivity contribution in [2.24, 2.45) is 0 Å². The monoisotopic (exact) mass is 291 g/mol. The summed E-state index contributed by atoms with van der Waals surface area (Å²) in [5.41, 5.74) is 2.13. The van der Waals surface area contributed by atoms with Crippen LogP contribution in [0, 0.1) is 6.92 Å². The van der Waals surface area contributed by atoms with E-state index in [0.717, 1.165) is 17.5 Å². The topological polar surface area (TPSA) is 64.6 Å². The lowest BCUT2D eigenvalue weighted by Gasteiger charge is -2.18. The van der Waals surface area contributed by atoms with Gasteiger partial charge in [-0.1, -0.05) is 29.8 Å². The number of carbonyl (C=O) groups excluding carboxylic acids is 2. The number of rotatable bonds is 5. The number of hydrogen-bond donors (Lipinski definition) is 1. The Balaban J connectivity index is 2.01. The van der Waals surface area contributed by atoms with Gasteiger partial charge in [0.25, 0.3) is 0 Å². The smallest absolute Gasteiger partial charge is 0.328 e. The maximum Gasteiger partial charge on any atom is 0.328 e. The molecule has 1 amide bonds. The first kappa shape index (κ1) is 15.5. The Kier molecular flexibility index (Phi) is 5.33. The number of aryl methyl sites for hydroxylation is 1. The van der Waals surface area contributed by atoms with Crippen LogP contribution >= 0.6 is 0 Å². The largest absolute Gasteiger partial charge is 0.467 e. The molecule has 0 spiro atoms. The Morgan fingerprint density at radius 1 is 1.38 bits per heavy atom. The number of benzene rings is 1. The summed E-state index contributed by atoms with van der Waals surface area (Å²) in [7, 11) is 1.32. The highest BCUT2D eigenvalue weighted by molar-refractivity contribution is 5.87. The second-order valence-electron chi connectivity index (χ2n) is 5.28. The number of amides is 1. The Morgan fingerprint density at radius 3 is 2.67 bits per heavy atom. The number of hydrogen-bond acceptors (Lipinski definition) is 4. The first-order valence-corrected chi connectivity index (χ1v) is 7.15. The predicted octanol–water partition coefficient (Wildman–Crippen LogP) is 1.37. The minimum absolute atomic E-state index is 0.241. The minimum Gasteiger partial charge on any atom is -0.467 e. The van der Waals surface area contributed by atoms with Crippen LogP contribution in [0.15, 0.2) is 24.3 Å². The Labute approximate surface area is 124 Å². The van der Waals surface area contributed by atoms with E-state index >= 15 is 0 Å². The standard InChI is InChI=1S/C16H21NO4/c1-11-5-7-12(8-6-11)10-13(16(19)20-2)17-15(18)14-4-3-9-21-14/h5-8,13-14H,3-4,9-10H2,1-2H3,(H,17,18)/t13-,14-/m1/s1. The van der Waals surface area contributed by atoms with Crippen molar-refractivity contribution in [3.63, 3.8) is 0 Å². The minimum atomic E-state index is -0.686. The van der Waals surface area contributed by atoms with Crippen molar-refractivity contribution < 1.29 is 19.1 Å². The van der Waals surface area contributed by atoms with E-state index in [1.165, 1.54) is 7.11 Å². The number of nitrogens with one attached hydrogen (secondary N) is 1. The molecule has 1 heterocycles. The van der Waals surface area contributed by atoms with Gasteiger partial charge in [-0.15, -0.1) is 0 Å². The summed E-state index contributed by atoms with van der Waals surface area (Å²) in [6.45, 7) is 2.60. The molecule has 0 bridgehead atoms. The molecule has 1 saturated heterocycles. The normalized spacial score (nSPS) is 19.0. The highest BCUT2D eigenvalue weighted by Crippen LogP contribution is 2.13. The fraction of sp³-hybridized carbons (Fsp3) is 0.500. The van der Waals surface area contributed by atoms with Crippen LogP contribution in [0.3, 0.4) is 0 Å². The quantitative estimate of drug-likeness (QED) is 0.832. The molecule has 21 heavy (non-hydrogen) atoms. The fourth-order valence-electron chi connectivity index (χ4n) is 2.34. The molecule has 2 atom stereocenters. The molecule has 5 nitrogen and oxygen atoms in total. The van der Waals surface area contributed by atoms with Crippen LogP contribution in [-0.4, -0.2) is 37.7 Å². The summed E-state index contributed by atoms with van der Waals surface area (Å²) in [6, 6.07) is 7.17. The SMILES string of the molecule is COC(=O)[C@@H](Cc1ccc(C)cc1)NC(=O)[C@H]1CCCO1. The van der Waals surface area contributed by atoms with Gasteiger partial charge in [0.1, 0.15) is 12.1 Å². The number of esters is 1. The lowest BCUT2D eigenvalue weighted by molar-refractivity contribution is -0.146. The van der Waals surface area contributed by atoms with Gasteiger partial charge in [-0.2, -0.15) is 0 Å². The first-order valence-electron chi connectivity index (χ1n) is 7.15. The second kappa shape index (κ2) is 7.22. The van der Waals surface area contributed by atoms with Crippen LogP contribution in [-0.2, 0) is 25.5 Å². The zero-order chi connectivity index (χ0) is 15.2. The van der Waals surface area contributed by atoms with Crippen molar-refractivity contribution >= 4 is 11.9 Å². The van der Waals surface area contributed by atoms with Crippen LogP contribution in [0.4, 0.5) is 0 Å². The van der Waals surface area contributed by atoms with E-state index in [-0.39, 0.29) is 5.91 Å². The predicted molar refractivity (Wildman–Crippen MR) is 77.8 cm³/mol. The van der Waals surface area contributed by atoms with Crippen LogP contribution in [0.2, 0.25) is 0 Å². The van der Waals surface area contributed by atoms with E-state index < -0.39 is 18.1 Å². The number of ether oxygens (including phenoxy) is 2. The van der Waals surface area contributed by atoms with Crippen LogP contribution < -0.4 is 5.32 Å². The maximum absolute atomic E-state index is 12.1. The second-order valence-corrected chi connectivity index (χ2v) is 5.28. The van der Waals surface area contributed by atoms with Crippen molar-refractivity contribution in [1.29, 1.82) is 0 Å².